The quantitative estimate of drug-likeness (QED) is 0.507. The first-order valence-corrected chi connectivity index (χ1v) is 10.7. The molecule has 5 rings (SSSR count). The summed E-state index contributed by atoms with van der Waals surface area (Å²) in [6.45, 7) is 4.28. The number of rotatable bonds is 4. The third kappa shape index (κ3) is 3.46. The third-order valence-corrected chi connectivity index (χ3v) is 6.11. The van der Waals surface area contributed by atoms with Gasteiger partial charge in [0.2, 0.25) is 0 Å². The molecule has 1 fully saturated rings. The highest BCUT2D eigenvalue weighted by Crippen LogP contribution is 2.28. The van der Waals surface area contributed by atoms with Crippen LogP contribution in [0.25, 0.3) is 33.2 Å². The Morgan fingerprint density at radius 1 is 1.13 bits per heavy atom. The average molecular weight is 419 g/mol. The minimum absolute atomic E-state index is 0.0234. The van der Waals surface area contributed by atoms with Crippen LogP contribution < -0.4 is 10.3 Å². The van der Waals surface area contributed by atoms with E-state index in [4.69, 9.17) is 4.74 Å². The number of nitrogens with zero attached hydrogens (tertiary/aromatic N) is 6. The number of piperidine rings is 1. The molecule has 0 saturated carbocycles. The van der Waals surface area contributed by atoms with E-state index in [2.05, 4.69) is 26.9 Å². The minimum Gasteiger partial charge on any atom is -0.464 e. The van der Waals surface area contributed by atoms with E-state index in [-0.39, 0.29) is 11.6 Å². The molecule has 1 aliphatic heterocycles. The maximum atomic E-state index is 13.8. The van der Waals surface area contributed by atoms with Gasteiger partial charge in [-0.1, -0.05) is 6.07 Å². The van der Waals surface area contributed by atoms with Gasteiger partial charge >= 0.3 is 6.01 Å². The van der Waals surface area contributed by atoms with Gasteiger partial charge in [-0.3, -0.25) is 9.36 Å². The fourth-order valence-corrected chi connectivity index (χ4v) is 4.40. The number of fused-ring (bicyclic) bond motifs is 2. The average Bonchev–Trinajstić information content (AvgIpc) is 3.15. The zero-order valence-electron chi connectivity index (χ0n) is 18.1. The normalized spacial score (nSPS) is 15.7. The van der Waals surface area contributed by atoms with Crippen molar-refractivity contribution in [3.05, 3.63) is 47.1 Å². The van der Waals surface area contributed by atoms with Crippen molar-refractivity contribution in [3.63, 3.8) is 0 Å². The van der Waals surface area contributed by atoms with E-state index in [1.807, 2.05) is 47.4 Å². The van der Waals surface area contributed by atoms with E-state index < -0.39 is 0 Å². The van der Waals surface area contributed by atoms with Crippen molar-refractivity contribution >= 4 is 22.1 Å². The number of pyridine rings is 1. The topological polar surface area (TPSA) is 78.1 Å². The van der Waals surface area contributed by atoms with Crippen molar-refractivity contribution < 1.29 is 4.74 Å². The van der Waals surface area contributed by atoms with Gasteiger partial charge in [-0.15, -0.1) is 0 Å². The molecule has 0 bridgehead atoms. The third-order valence-electron chi connectivity index (χ3n) is 6.11. The van der Waals surface area contributed by atoms with E-state index in [0.29, 0.717) is 23.8 Å². The van der Waals surface area contributed by atoms with Crippen LogP contribution in [0.1, 0.15) is 25.8 Å². The largest absolute Gasteiger partial charge is 0.464 e. The first-order valence-electron chi connectivity index (χ1n) is 10.7. The summed E-state index contributed by atoms with van der Waals surface area (Å²) in [7, 11) is 4.07. The Kier molecular flexibility index (Phi) is 4.94. The van der Waals surface area contributed by atoms with Crippen molar-refractivity contribution in [1.82, 2.24) is 29.0 Å². The van der Waals surface area contributed by atoms with Crippen molar-refractivity contribution in [2.45, 2.75) is 25.8 Å². The number of likely N-dealkylation sites (tertiary alicyclic amines) is 1. The van der Waals surface area contributed by atoms with E-state index in [0.717, 1.165) is 47.9 Å². The second-order valence-electron chi connectivity index (χ2n) is 8.19. The maximum absolute atomic E-state index is 13.8. The molecule has 0 amide bonds. The summed E-state index contributed by atoms with van der Waals surface area (Å²) in [4.78, 5) is 29.5. The first-order chi connectivity index (χ1) is 15.0. The van der Waals surface area contributed by atoms with Crippen LogP contribution in [0.3, 0.4) is 0 Å². The molecule has 0 radical (unpaired) electrons. The summed E-state index contributed by atoms with van der Waals surface area (Å²) in [5.41, 5.74) is 4.05. The zero-order chi connectivity index (χ0) is 21.5. The number of imidazole rings is 1. The number of ether oxygens (including phenoxy) is 1. The van der Waals surface area contributed by atoms with Gasteiger partial charge in [0, 0.05) is 30.2 Å². The summed E-state index contributed by atoms with van der Waals surface area (Å²) in [5.74, 6) is 0. The van der Waals surface area contributed by atoms with Gasteiger partial charge in [-0.25, -0.2) is 9.97 Å². The molecule has 3 aromatic heterocycles. The van der Waals surface area contributed by atoms with Crippen LogP contribution >= 0.6 is 0 Å². The lowest BCUT2D eigenvalue weighted by Crippen LogP contribution is -2.36. The first kappa shape index (κ1) is 19.7. The molecule has 4 heterocycles. The SMILES string of the molecule is CCOc1ncc2cc(-c3ccc4ncn(C)c4c3)c(=O)n(C3CCN(C)CC3)c2n1. The van der Waals surface area contributed by atoms with Crippen LogP contribution in [0.15, 0.2) is 41.6 Å². The van der Waals surface area contributed by atoms with Crippen molar-refractivity contribution in [2.75, 3.05) is 26.7 Å². The Hall–Kier alpha value is -3.26. The lowest BCUT2D eigenvalue weighted by atomic mass is 10.0. The lowest BCUT2D eigenvalue weighted by molar-refractivity contribution is 0.221. The smallest absolute Gasteiger partial charge is 0.318 e. The van der Waals surface area contributed by atoms with Gasteiger partial charge in [-0.05, 0) is 63.7 Å². The monoisotopic (exact) mass is 418 g/mol. The standard InChI is InChI=1S/C23H26N6O2/c1-4-31-23-24-13-16-11-18(15-5-6-19-20(12-15)28(3)14-25-19)22(30)29(21(16)26-23)17-7-9-27(2)10-8-17/h5-6,11-14,17H,4,7-10H2,1-3H3. The van der Waals surface area contributed by atoms with E-state index >= 15 is 0 Å². The highest BCUT2D eigenvalue weighted by Gasteiger charge is 2.24. The Morgan fingerprint density at radius 2 is 1.94 bits per heavy atom. The Balaban J connectivity index is 1.73. The molecule has 0 N–H and O–H groups in total. The summed E-state index contributed by atoms with van der Waals surface area (Å²) >= 11 is 0. The van der Waals surface area contributed by atoms with Crippen LogP contribution in [0, 0.1) is 0 Å². The summed E-state index contributed by atoms with van der Waals surface area (Å²) in [5, 5.41) is 0.835. The predicted octanol–water partition coefficient (Wildman–Crippen LogP) is 3.01. The van der Waals surface area contributed by atoms with Gasteiger partial charge in [0.05, 0.1) is 24.0 Å². The molecule has 8 nitrogen and oxygen atoms in total. The maximum Gasteiger partial charge on any atom is 0.318 e. The predicted molar refractivity (Wildman–Crippen MR) is 120 cm³/mol. The van der Waals surface area contributed by atoms with E-state index in [1.54, 1.807) is 12.5 Å². The molecule has 8 heteroatoms. The number of aryl methyl sites for hydroxylation is 1. The van der Waals surface area contributed by atoms with Gasteiger partial charge in [0.1, 0.15) is 5.65 Å². The van der Waals surface area contributed by atoms with Crippen molar-refractivity contribution in [2.24, 2.45) is 7.05 Å². The molecular formula is C23H26N6O2. The Bertz CT molecular complexity index is 1320. The van der Waals surface area contributed by atoms with Crippen LogP contribution in [-0.2, 0) is 7.05 Å². The van der Waals surface area contributed by atoms with Crippen LogP contribution in [0.4, 0.5) is 0 Å². The Morgan fingerprint density at radius 3 is 2.71 bits per heavy atom. The second-order valence-corrected chi connectivity index (χ2v) is 8.19. The van der Waals surface area contributed by atoms with Crippen molar-refractivity contribution in [1.29, 1.82) is 0 Å². The molecule has 4 aromatic rings. The summed E-state index contributed by atoms with van der Waals surface area (Å²) < 4.78 is 9.36. The molecular weight excluding hydrogens is 392 g/mol. The molecule has 1 aliphatic rings. The molecule has 0 unspecified atom stereocenters. The molecule has 160 valence electrons. The molecule has 1 saturated heterocycles. The Labute approximate surface area is 180 Å². The molecule has 1 aromatic carbocycles. The molecule has 31 heavy (non-hydrogen) atoms. The van der Waals surface area contributed by atoms with Gasteiger partial charge in [0.15, 0.2) is 0 Å². The molecule has 0 atom stereocenters. The second kappa shape index (κ2) is 7.77. The zero-order valence-corrected chi connectivity index (χ0v) is 18.1. The summed E-state index contributed by atoms with van der Waals surface area (Å²) in [6.07, 6.45) is 5.35. The van der Waals surface area contributed by atoms with E-state index in [9.17, 15) is 4.79 Å². The van der Waals surface area contributed by atoms with Gasteiger partial charge < -0.3 is 14.2 Å². The molecule has 0 aliphatic carbocycles. The van der Waals surface area contributed by atoms with Crippen LogP contribution in [-0.4, -0.2) is 55.7 Å². The number of aromatic nitrogens is 5. The van der Waals surface area contributed by atoms with E-state index in [1.165, 1.54) is 0 Å². The number of benzene rings is 1. The van der Waals surface area contributed by atoms with Crippen LogP contribution in [0.5, 0.6) is 6.01 Å². The van der Waals surface area contributed by atoms with Crippen LogP contribution in [0.2, 0.25) is 0 Å². The fourth-order valence-electron chi connectivity index (χ4n) is 4.40. The molecule has 0 spiro atoms. The fraction of sp³-hybridized carbons (Fsp3) is 0.391. The number of hydrogen-bond donors (Lipinski definition) is 0. The highest BCUT2D eigenvalue weighted by molar-refractivity contribution is 5.85. The lowest BCUT2D eigenvalue weighted by Gasteiger charge is -2.31. The van der Waals surface area contributed by atoms with Gasteiger partial charge in [-0.2, -0.15) is 4.98 Å². The summed E-state index contributed by atoms with van der Waals surface area (Å²) in [6, 6.07) is 8.25. The number of hydrogen-bond acceptors (Lipinski definition) is 6. The van der Waals surface area contributed by atoms with Gasteiger partial charge in [0.25, 0.3) is 5.56 Å². The minimum atomic E-state index is -0.0234. The van der Waals surface area contributed by atoms with Crippen molar-refractivity contribution in [3.8, 4) is 17.1 Å². The highest BCUT2D eigenvalue weighted by atomic mass is 16.5.